The van der Waals surface area contributed by atoms with Crippen LogP contribution in [-0.2, 0) is 11.2 Å². The molecule has 1 saturated heterocycles. The van der Waals surface area contributed by atoms with Gasteiger partial charge in [-0.15, -0.1) is 0 Å². The fourth-order valence-corrected chi connectivity index (χ4v) is 5.12. The molecule has 2 aliphatic rings. The Morgan fingerprint density at radius 1 is 0.914 bits per heavy atom. The summed E-state index contributed by atoms with van der Waals surface area (Å²) in [5.74, 6) is -1.17. The third-order valence-corrected chi connectivity index (χ3v) is 7.10. The number of hydrogen-bond acceptors (Lipinski definition) is 3. The second-order valence-corrected chi connectivity index (χ2v) is 9.28. The zero-order valence-electron chi connectivity index (χ0n) is 19.5. The number of para-hydroxylation sites is 1. The van der Waals surface area contributed by atoms with E-state index < -0.39 is 17.1 Å². The Morgan fingerprint density at radius 2 is 1.60 bits per heavy atom. The van der Waals surface area contributed by atoms with Gasteiger partial charge in [-0.1, -0.05) is 30.3 Å². The van der Waals surface area contributed by atoms with Gasteiger partial charge in [0.05, 0.1) is 11.0 Å². The van der Waals surface area contributed by atoms with Crippen molar-refractivity contribution in [3.63, 3.8) is 0 Å². The molecule has 3 aromatic rings. The second kappa shape index (κ2) is 8.98. The van der Waals surface area contributed by atoms with Crippen LogP contribution in [0.15, 0.2) is 72.8 Å². The molecule has 6 nitrogen and oxygen atoms in total. The van der Waals surface area contributed by atoms with E-state index in [1.54, 1.807) is 40.1 Å². The number of rotatable bonds is 3. The Hall–Kier alpha value is -4.00. The SMILES string of the molecule is CN1CCC2(CCN(C(=O)c3ccc(NC(=O)c4ccccc4F)cc3)c3ccccc3C2)C1=O. The molecule has 1 unspecified atom stereocenters. The molecule has 0 aliphatic carbocycles. The molecule has 1 N–H and O–H groups in total. The zero-order chi connectivity index (χ0) is 24.6. The first-order valence-electron chi connectivity index (χ1n) is 11.7. The zero-order valence-corrected chi connectivity index (χ0v) is 19.5. The molecule has 0 radical (unpaired) electrons. The topological polar surface area (TPSA) is 69.7 Å². The van der Waals surface area contributed by atoms with E-state index in [1.807, 2.05) is 31.3 Å². The smallest absolute Gasteiger partial charge is 0.258 e. The lowest BCUT2D eigenvalue weighted by molar-refractivity contribution is -0.135. The van der Waals surface area contributed by atoms with Crippen LogP contribution in [0, 0.1) is 11.2 Å². The number of carbonyl (C=O) groups is 3. The van der Waals surface area contributed by atoms with Gasteiger partial charge in [0.2, 0.25) is 5.91 Å². The molecule has 2 aliphatic heterocycles. The van der Waals surface area contributed by atoms with Gasteiger partial charge in [-0.25, -0.2) is 4.39 Å². The predicted molar refractivity (Wildman–Crippen MR) is 132 cm³/mol. The van der Waals surface area contributed by atoms with Crippen molar-refractivity contribution in [3.05, 3.63) is 95.3 Å². The number of likely N-dealkylation sites (tertiary alicyclic amines) is 1. The summed E-state index contributed by atoms with van der Waals surface area (Å²) in [4.78, 5) is 42.5. The van der Waals surface area contributed by atoms with Crippen LogP contribution in [0.25, 0.3) is 0 Å². The summed E-state index contributed by atoms with van der Waals surface area (Å²) >= 11 is 0. The lowest BCUT2D eigenvalue weighted by atomic mass is 9.78. The molecule has 35 heavy (non-hydrogen) atoms. The number of halogens is 1. The van der Waals surface area contributed by atoms with Crippen molar-refractivity contribution in [2.24, 2.45) is 5.41 Å². The van der Waals surface area contributed by atoms with Crippen molar-refractivity contribution in [2.75, 3.05) is 30.4 Å². The summed E-state index contributed by atoms with van der Waals surface area (Å²) in [5.41, 5.74) is 2.24. The molecule has 1 spiro atoms. The molecule has 7 heteroatoms. The first-order valence-corrected chi connectivity index (χ1v) is 11.7. The van der Waals surface area contributed by atoms with Gasteiger partial charge in [0.25, 0.3) is 11.8 Å². The predicted octanol–water partition coefficient (Wildman–Crippen LogP) is 4.52. The van der Waals surface area contributed by atoms with E-state index in [0.29, 0.717) is 30.6 Å². The van der Waals surface area contributed by atoms with Crippen LogP contribution in [0.2, 0.25) is 0 Å². The summed E-state index contributed by atoms with van der Waals surface area (Å²) < 4.78 is 13.9. The largest absolute Gasteiger partial charge is 0.345 e. The van der Waals surface area contributed by atoms with E-state index in [2.05, 4.69) is 5.32 Å². The fourth-order valence-electron chi connectivity index (χ4n) is 5.12. The van der Waals surface area contributed by atoms with Crippen molar-refractivity contribution in [1.29, 1.82) is 0 Å². The highest BCUT2D eigenvalue weighted by Crippen LogP contribution is 2.43. The Kier molecular flexibility index (Phi) is 5.84. The normalized spacial score (nSPS) is 19.4. The second-order valence-electron chi connectivity index (χ2n) is 9.28. The van der Waals surface area contributed by atoms with E-state index in [0.717, 1.165) is 24.2 Å². The number of amides is 3. The minimum atomic E-state index is -0.596. The fraction of sp³-hybridized carbons (Fsp3) is 0.250. The minimum absolute atomic E-state index is 0.0464. The summed E-state index contributed by atoms with van der Waals surface area (Å²) in [6, 6.07) is 20.1. The highest BCUT2D eigenvalue weighted by molar-refractivity contribution is 6.08. The summed E-state index contributed by atoms with van der Waals surface area (Å²) in [5, 5.41) is 2.67. The molecule has 2 heterocycles. The Bertz CT molecular complexity index is 1310. The van der Waals surface area contributed by atoms with E-state index in [4.69, 9.17) is 0 Å². The van der Waals surface area contributed by atoms with E-state index >= 15 is 0 Å². The Balaban J connectivity index is 1.37. The van der Waals surface area contributed by atoms with Crippen LogP contribution in [0.5, 0.6) is 0 Å². The van der Waals surface area contributed by atoms with Crippen LogP contribution < -0.4 is 10.2 Å². The lowest BCUT2D eigenvalue weighted by Crippen LogP contribution is -2.37. The average molecular weight is 472 g/mol. The van der Waals surface area contributed by atoms with Crippen LogP contribution in [0.1, 0.15) is 39.1 Å². The van der Waals surface area contributed by atoms with Crippen LogP contribution >= 0.6 is 0 Å². The van der Waals surface area contributed by atoms with Crippen molar-refractivity contribution < 1.29 is 18.8 Å². The van der Waals surface area contributed by atoms with E-state index in [9.17, 15) is 18.8 Å². The quantitative estimate of drug-likeness (QED) is 0.611. The van der Waals surface area contributed by atoms with Crippen LogP contribution in [0.4, 0.5) is 15.8 Å². The molecule has 0 bridgehead atoms. The van der Waals surface area contributed by atoms with Gasteiger partial charge in [0.15, 0.2) is 0 Å². The maximum absolute atomic E-state index is 13.9. The number of anilines is 2. The van der Waals surface area contributed by atoms with Crippen molar-refractivity contribution in [3.8, 4) is 0 Å². The number of benzene rings is 3. The first kappa shape index (κ1) is 22.8. The monoisotopic (exact) mass is 471 g/mol. The van der Waals surface area contributed by atoms with Gasteiger partial charge in [-0.3, -0.25) is 14.4 Å². The van der Waals surface area contributed by atoms with Crippen LogP contribution in [-0.4, -0.2) is 42.8 Å². The average Bonchev–Trinajstić information content (AvgIpc) is 3.04. The molecule has 0 aromatic heterocycles. The molecule has 3 aromatic carbocycles. The molecule has 3 amide bonds. The van der Waals surface area contributed by atoms with Gasteiger partial charge in [-0.05, 0) is 67.3 Å². The highest BCUT2D eigenvalue weighted by atomic mass is 19.1. The number of nitrogens with zero attached hydrogens (tertiary/aromatic N) is 2. The molecule has 1 fully saturated rings. The summed E-state index contributed by atoms with van der Waals surface area (Å²) in [6.07, 6.45) is 2.01. The van der Waals surface area contributed by atoms with Gasteiger partial charge in [-0.2, -0.15) is 0 Å². The molecule has 178 valence electrons. The Morgan fingerprint density at radius 3 is 2.31 bits per heavy atom. The van der Waals surface area contributed by atoms with Gasteiger partial charge < -0.3 is 15.1 Å². The van der Waals surface area contributed by atoms with Gasteiger partial charge >= 0.3 is 0 Å². The molecular formula is C28H26FN3O3. The van der Waals surface area contributed by atoms with Crippen molar-refractivity contribution >= 4 is 29.1 Å². The van der Waals surface area contributed by atoms with Crippen molar-refractivity contribution in [2.45, 2.75) is 19.3 Å². The maximum atomic E-state index is 13.9. The first-order chi connectivity index (χ1) is 16.9. The lowest BCUT2D eigenvalue weighted by Gasteiger charge is -2.26. The number of carbonyl (C=O) groups excluding carboxylic acids is 3. The number of nitrogens with one attached hydrogen (secondary N) is 1. The number of fused-ring (bicyclic) bond motifs is 1. The minimum Gasteiger partial charge on any atom is -0.345 e. The molecular weight excluding hydrogens is 445 g/mol. The van der Waals surface area contributed by atoms with Crippen LogP contribution in [0.3, 0.4) is 0 Å². The van der Waals surface area contributed by atoms with Crippen molar-refractivity contribution in [1.82, 2.24) is 4.90 Å². The third-order valence-electron chi connectivity index (χ3n) is 7.10. The highest BCUT2D eigenvalue weighted by Gasteiger charge is 2.47. The summed E-state index contributed by atoms with van der Waals surface area (Å²) in [7, 11) is 1.84. The van der Waals surface area contributed by atoms with E-state index in [1.165, 1.54) is 18.2 Å². The molecule has 5 rings (SSSR count). The molecule has 0 saturated carbocycles. The molecule has 1 atom stereocenters. The van der Waals surface area contributed by atoms with E-state index in [-0.39, 0.29) is 17.4 Å². The Labute approximate surface area is 203 Å². The number of hydrogen-bond donors (Lipinski definition) is 1. The maximum Gasteiger partial charge on any atom is 0.258 e. The standard InChI is InChI=1S/C28H26FN3O3/c1-31-16-14-28(27(31)35)15-17-32(24-9-5-2-6-20(24)18-28)26(34)19-10-12-21(13-11-19)30-25(33)22-7-3-4-8-23(22)29/h2-13H,14-18H2,1H3,(H,30,33). The third kappa shape index (κ3) is 4.18. The van der Waals surface area contributed by atoms with Gasteiger partial charge in [0.1, 0.15) is 5.82 Å². The van der Waals surface area contributed by atoms with Gasteiger partial charge in [0, 0.05) is 37.1 Å². The summed E-state index contributed by atoms with van der Waals surface area (Å²) in [6.45, 7) is 1.18.